The monoisotopic (exact) mass is 293 g/mol. The number of carbonyl (C=O) groups is 1. The molecule has 5 nitrogen and oxygen atoms in total. The standard InChI is InChI=1S/C17H15N3O2/c1-11-3-8-15(9-12(11)2)20-10-16(18-19-20)13-4-6-14(7-5-13)17(21)22/h3-10H,1-2H3,(H,21,22). The lowest BCUT2D eigenvalue weighted by Gasteiger charge is -2.04. The van der Waals surface area contributed by atoms with Gasteiger partial charge in [0.15, 0.2) is 0 Å². The first-order chi connectivity index (χ1) is 10.5. The largest absolute Gasteiger partial charge is 0.478 e. The van der Waals surface area contributed by atoms with Gasteiger partial charge in [-0.25, -0.2) is 9.48 Å². The van der Waals surface area contributed by atoms with E-state index in [4.69, 9.17) is 5.11 Å². The number of rotatable bonds is 3. The van der Waals surface area contributed by atoms with Crippen LogP contribution in [0.4, 0.5) is 0 Å². The summed E-state index contributed by atoms with van der Waals surface area (Å²) in [7, 11) is 0. The Hall–Kier alpha value is -2.95. The first-order valence-electron chi connectivity index (χ1n) is 6.88. The minimum atomic E-state index is -0.940. The molecule has 0 fully saturated rings. The van der Waals surface area contributed by atoms with Gasteiger partial charge in [0.2, 0.25) is 0 Å². The number of hydrogen-bond acceptors (Lipinski definition) is 3. The Balaban J connectivity index is 1.93. The summed E-state index contributed by atoms with van der Waals surface area (Å²) in [4.78, 5) is 10.9. The van der Waals surface area contributed by atoms with Crippen molar-refractivity contribution in [2.45, 2.75) is 13.8 Å². The van der Waals surface area contributed by atoms with Gasteiger partial charge in [0.05, 0.1) is 17.4 Å². The Kier molecular flexibility index (Phi) is 3.47. The van der Waals surface area contributed by atoms with Crippen LogP contribution in [0.5, 0.6) is 0 Å². The van der Waals surface area contributed by atoms with Crippen molar-refractivity contribution in [1.29, 1.82) is 0 Å². The lowest BCUT2D eigenvalue weighted by atomic mass is 10.1. The summed E-state index contributed by atoms with van der Waals surface area (Å²) < 4.78 is 1.72. The van der Waals surface area contributed by atoms with E-state index in [1.54, 1.807) is 28.9 Å². The predicted molar refractivity (Wildman–Crippen MR) is 83.2 cm³/mol. The summed E-state index contributed by atoms with van der Waals surface area (Å²) in [6, 6.07) is 12.7. The number of carboxylic acid groups (broad SMARTS) is 1. The maximum Gasteiger partial charge on any atom is 0.335 e. The fourth-order valence-corrected chi connectivity index (χ4v) is 2.17. The Labute approximate surface area is 127 Å². The highest BCUT2D eigenvalue weighted by Gasteiger charge is 2.08. The van der Waals surface area contributed by atoms with Gasteiger partial charge in [-0.1, -0.05) is 23.4 Å². The minimum absolute atomic E-state index is 0.255. The van der Waals surface area contributed by atoms with Crippen molar-refractivity contribution in [3.63, 3.8) is 0 Å². The van der Waals surface area contributed by atoms with Crippen LogP contribution in [0.3, 0.4) is 0 Å². The molecule has 3 aromatic rings. The summed E-state index contributed by atoms with van der Waals surface area (Å²) in [5.41, 5.74) is 5.17. The normalized spacial score (nSPS) is 10.6. The molecule has 0 spiro atoms. The van der Waals surface area contributed by atoms with Crippen LogP contribution in [-0.4, -0.2) is 26.1 Å². The van der Waals surface area contributed by atoms with E-state index in [1.165, 1.54) is 11.1 Å². The third kappa shape index (κ3) is 2.61. The highest BCUT2D eigenvalue weighted by Crippen LogP contribution is 2.19. The van der Waals surface area contributed by atoms with Gasteiger partial charge in [-0.15, -0.1) is 5.10 Å². The molecule has 0 saturated carbocycles. The molecule has 0 aliphatic rings. The zero-order chi connectivity index (χ0) is 15.7. The molecule has 0 aliphatic heterocycles. The van der Waals surface area contributed by atoms with Gasteiger partial charge in [-0.05, 0) is 49.2 Å². The predicted octanol–water partition coefficient (Wildman–Crippen LogP) is 3.25. The van der Waals surface area contributed by atoms with E-state index in [0.29, 0.717) is 5.69 Å². The van der Waals surface area contributed by atoms with E-state index in [0.717, 1.165) is 11.3 Å². The van der Waals surface area contributed by atoms with Crippen LogP contribution in [0.15, 0.2) is 48.7 Å². The zero-order valence-electron chi connectivity index (χ0n) is 12.3. The van der Waals surface area contributed by atoms with Gasteiger partial charge in [0, 0.05) is 5.56 Å². The average molecular weight is 293 g/mol. The molecule has 0 aliphatic carbocycles. The molecule has 0 amide bonds. The van der Waals surface area contributed by atoms with Crippen LogP contribution in [-0.2, 0) is 0 Å². The molecule has 22 heavy (non-hydrogen) atoms. The topological polar surface area (TPSA) is 68.0 Å². The molecule has 2 aromatic carbocycles. The Morgan fingerprint density at radius 1 is 1.05 bits per heavy atom. The molecule has 0 saturated heterocycles. The van der Waals surface area contributed by atoms with Gasteiger partial charge >= 0.3 is 5.97 Å². The van der Waals surface area contributed by atoms with Gasteiger partial charge in [-0.2, -0.15) is 0 Å². The van der Waals surface area contributed by atoms with Crippen molar-refractivity contribution in [1.82, 2.24) is 15.0 Å². The molecule has 0 bridgehead atoms. The third-order valence-corrected chi connectivity index (χ3v) is 3.68. The number of hydrogen-bond donors (Lipinski definition) is 1. The summed E-state index contributed by atoms with van der Waals surface area (Å²) in [5.74, 6) is -0.940. The molecule has 1 heterocycles. The van der Waals surface area contributed by atoms with E-state index in [9.17, 15) is 4.79 Å². The minimum Gasteiger partial charge on any atom is -0.478 e. The molecular formula is C17H15N3O2. The van der Waals surface area contributed by atoms with Gasteiger partial charge in [0.25, 0.3) is 0 Å². The Morgan fingerprint density at radius 2 is 1.77 bits per heavy atom. The SMILES string of the molecule is Cc1ccc(-n2cc(-c3ccc(C(=O)O)cc3)nn2)cc1C. The van der Waals surface area contributed by atoms with Crippen LogP contribution in [0.25, 0.3) is 16.9 Å². The second-order valence-electron chi connectivity index (χ2n) is 5.20. The number of nitrogens with zero attached hydrogens (tertiary/aromatic N) is 3. The first-order valence-corrected chi connectivity index (χ1v) is 6.88. The molecule has 1 aromatic heterocycles. The van der Waals surface area contributed by atoms with Crippen LogP contribution in [0, 0.1) is 13.8 Å². The van der Waals surface area contributed by atoms with Crippen molar-refractivity contribution in [3.8, 4) is 16.9 Å². The quantitative estimate of drug-likeness (QED) is 0.805. The van der Waals surface area contributed by atoms with Crippen molar-refractivity contribution in [2.24, 2.45) is 0 Å². The molecule has 0 unspecified atom stereocenters. The highest BCUT2D eigenvalue weighted by molar-refractivity contribution is 5.88. The molecule has 0 atom stereocenters. The van der Waals surface area contributed by atoms with E-state index >= 15 is 0 Å². The fraction of sp³-hybridized carbons (Fsp3) is 0.118. The Morgan fingerprint density at radius 3 is 2.41 bits per heavy atom. The maximum atomic E-state index is 10.9. The molecule has 110 valence electrons. The number of benzene rings is 2. The van der Waals surface area contributed by atoms with Crippen molar-refractivity contribution >= 4 is 5.97 Å². The molecule has 0 radical (unpaired) electrons. The van der Waals surface area contributed by atoms with Crippen molar-refractivity contribution < 1.29 is 9.90 Å². The first kappa shape index (κ1) is 14.0. The van der Waals surface area contributed by atoms with Crippen molar-refractivity contribution in [3.05, 3.63) is 65.4 Å². The number of aromatic carboxylic acids is 1. The van der Waals surface area contributed by atoms with Crippen LogP contribution in [0.1, 0.15) is 21.5 Å². The van der Waals surface area contributed by atoms with Gasteiger partial charge in [0.1, 0.15) is 5.69 Å². The van der Waals surface area contributed by atoms with E-state index in [2.05, 4.69) is 30.2 Å². The second-order valence-corrected chi connectivity index (χ2v) is 5.20. The van der Waals surface area contributed by atoms with E-state index < -0.39 is 5.97 Å². The lowest BCUT2D eigenvalue weighted by molar-refractivity contribution is 0.0697. The maximum absolute atomic E-state index is 10.9. The molecular weight excluding hydrogens is 278 g/mol. The smallest absolute Gasteiger partial charge is 0.335 e. The molecule has 5 heteroatoms. The highest BCUT2D eigenvalue weighted by atomic mass is 16.4. The fourth-order valence-electron chi connectivity index (χ4n) is 2.17. The summed E-state index contributed by atoms with van der Waals surface area (Å²) >= 11 is 0. The van der Waals surface area contributed by atoms with Crippen LogP contribution < -0.4 is 0 Å². The summed E-state index contributed by atoms with van der Waals surface area (Å²) in [6.45, 7) is 4.12. The zero-order valence-corrected chi connectivity index (χ0v) is 12.3. The average Bonchev–Trinajstić information content (AvgIpc) is 3.00. The number of carboxylic acids is 1. The molecule has 3 rings (SSSR count). The number of aryl methyl sites for hydroxylation is 2. The van der Waals surface area contributed by atoms with Crippen LogP contribution in [0.2, 0.25) is 0 Å². The lowest BCUT2D eigenvalue weighted by Crippen LogP contribution is -1.96. The Bertz CT molecular complexity index is 835. The summed E-state index contributed by atoms with van der Waals surface area (Å²) in [5, 5.41) is 17.2. The van der Waals surface area contributed by atoms with E-state index in [1.807, 2.05) is 18.3 Å². The second kappa shape index (κ2) is 5.44. The van der Waals surface area contributed by atoms with Crippen molar-refractivity contribution in [2.75, 3.05) is 0 Å². The van der Waals surface area contributed by atoms with Gasteiger partial charge in [-0.3, -0.25) is 0 Å². The summed E-state index contributed by atoms with van der Waals surface area (Å²) in [6.07, 6.45) is 1.83. The van der Waals surface area contributed by atoms with Crippen LogP contribution >= 0.6 is 0 Å². The third-order valence-electron chi connectivity index (χ3n) is 3.68. The molecule has 1 N–H and O–H groups in total. The van der Waals surface area contributed by atoms with Gasteiger partial charge < -0.3 is 5.11 Å². The number of aromatic nitrogens is 3. The van der Waals surface area contributed by atoms with E-state index in [-0.39, 0.29) is 5.56 Å².